The monoisotopic (exact) mass is 514 g/mol. The van der Waals surface area contributed by atoms with Gasteiger partial charge >= 0.3 is 0 Å². The van der Waals surface area contributed by atoms with Crippen molar-refractivity contribution < 1.29 is 0 Å². The highest BCUT2D eigenvalue weighted by Crippen LogP contribution is 2.56. The first-order valence-corrected chi connectivity index (χ1v) is 14.9. The molecule has 1 aliphatic carbocycles. The first-order chi connectivity index (χ1) is 19.2. The molecule has 0 radical (unpaired) electrons. The molecular weight excluding hydrogens is 476 g/mol. The lowest BCUT2D eigenvalue weighted by Crippen LogP contribution is -2.48. The van der Waals surface area contributed by atoms with Crippen LogP contribution >= 0.6 is 0 Å². The van der Waals surface area contributed by atoms with Crippen molar-refractivity contribution in [3.05, 3.63) is 96.3 Å². The molecule has 1 saturated carbocycles. The molecule has 3 aromatic carbocycles. The van der Waals surface area contributed by atoms with Gasteiger partial charge in [0.2, 0.25) is 0 Å². The second kappa shape index (κ2) is 9.82. The van der Waals surface area contributed by atoms with Crippen molar-refractivity contribution >= 4 is 23.0 Å². The molecule has 1 fully saturated rings. The number of aromatic nitrogens is 2. The van der Waals surface area contributed by atoms with Gasteiger partial charge in [-0.1, -0.05) is 87.7 Å². The van der Waals surface area contributed by atoms with Gasteiger partial charge in [-0.15, -0.1) is 0 Å². The van der Waals surface area contributed by atoms with Crippen LogP contribution in [-0.2, 0) is 5.41 Å². The van der Waals surface area contributed by atoms with Crippen molar-refractivity contribution in [2.45, 2.75) is 82.7 Å². The Kier molecular flexibility index (Phi) is 6.14. The summed E-state index contributed by atoms with van der Waals surface area (Å²) in [6.45, 7) is 4.72. The van der Waals surface area contributed by atoms with Crippen molar-refractivity contribution in [2.75, 3.05) is 9.80 Å². The Morgan fingerprint density at radius 1 is 0.769 bits per heavy atom. The molecule has 0 N–H and O–H groups in total. The lowest BCUT2D eigenvalue weighted by atomic mass is 9.69. The summed E-state index contributed by atoms with van der Waals surface area (Å²) in [5.41, 5.74) is 8.27. The van der Waals surface area contributed by atoms with Gasteiger partial charge in [0.15, 0.2) is 11.6 Å². The molecule has 0 bridgehead atoms. The number of nitrogens with zero attached hydrogens (tertiary/aromatic N) is 4. The number of hydrogen-bond donors (Lipinski definition) is 0. The van der Waals surface area contributed by atoms with Gasteiger partial charge in [0, 0.05) is 29.2 Å². The Morgan fingerprint density at radius 2 is 1.46 bits per heavy atom. The van der Waals surface area contributed by atoms with E-state index in [0.717, 1.165) is 30.9 Å². The minimum atomic E-state index is 0.104. The predicted molar refractivity (Wildman–Crippen MR) is 161 cm³/mol. The van der Waals surface area contributed by atoms with Crippen molar-refractivity contribution in [3.63, 3.8) is 0 Å². The van der Waals surface area contributed by atoms with Crippen LogP contribution in [0, 0.1) is 0 Å². The fraction of sp³-hybridized carbons (Fsp3) is 0.371. The Morgan fingerprint density at radius 3 is 2.21 bits per heavy atom. The van der Waals surface area contributed by atoms with Crippen LogP contribution in [0.5, 0.6) is 0 Å². The first kappa shape index (κ1) is 24.4. The van der Waals surface area contributed by atoms with Crippen LogP contribution in [0.15, 0.2) is 85.2 Å². The van der Waals surface area contributed by atoms with Crippen molar-refractivity contribution in [1.29, 1.82) is 0 Å². The third-order valence-electron chi connectivity index (χ3n) is 9.82. The van der Waals surface area contributed by atoms with E-state index in [2.05, 4.69) is 96.4 Å². The molecule has 2 aliphatic heterocycles. The Bertz CT molecular complexity index is 1470. The van der Waals surface area contributed by atoms with E-state index < -0.39 is 0 Å². The molecule has 198 valence electrons. The smallest absolute Gasteiger partial charge is 0.178 e. The van der Waals surface area contributed by atoms with Crippen LogP contribution in [0.3, 0.4) is 0 Å². The highest BCUT2D eigenvalue weighted by molar-refractivity contribution is 5.87. The molecule has 0 spiro atoms. The van der Waals surface area contributed by atoms with Crippen LogP contribution in [0.4, 0.5) is 23.0 Å². The Labute approximate surface area is 232 Å². The lowest BCUT2D eigenvalue weighted by molar-refractivity contribution is 0.322. The molecule has 3 aliphatic rings. The second-order valence-corrected chi connectivity index (χ2v) is 11.6. The normalized spacial score (nSPS) is 19.9. The largest absolute Gasteiger partial charge is 0.302 e. The molecule has 3 heterocycles. The highest BCUT2D eigenvalue weighted by atomic mass is 15.5. The van der Waals surface area contributed by atoms with E-state index in [1.807, 2.05) is 12.4 Å². The maximum Gasteiger partial charge on any atom is 0.178 e. The fourth-order valence-electron chi connectivity index (χ4n) is 7.66. The van der Waals surface area contributed by atoms with Gasteiger partial charge in [-0.25, -0.2) is 9.97 Å². The summed E-state index contributed by atoms with van der Waals surface area (Å²) in [5, 5.41) is 0. The summed E-state index contributed by atoms with van der Waals surface area (Å²) in [5.74, 6) is 2.58. The summed E-state index contributed by atoms with van der Waals surface area (Å²) in [6.07, 6.45) is 13.8. The van der Waals surface area contributed by atoms with Crippen LogP contribution < -0.4 is 9.80 Å². The van der Waals surface area contributed by atoms with Crippen LogP contribution in [-0.4, -0.2) is 16.1 Å². The molecular formula is C35H38N4. The van der Waals surface area contributed by atoms with Crippen LogP contribution in [0.25, 0.3) is 11.1 Å². The summed E-state index contributed by atoms with van der Waals surface area (Å²) >= 11 is 0. The summed E-state index contributed by atoms with van der Waals surface area (Å²) in [4.78, 5) is 14.7. The molecule has 1 unspecified atom stereocenters. The lowest BCUT2D eigenvalue weighted by Gasteiger charge is -2.47. The molecule has 4 aromatic rings. The summed E-state index contributed by atoms with van der Waals surface area (Å²) in [7, 11) is 0. The van der Waals surface area contributed by atoms with Gasteiger partial charge in [0.1, 0.15) is 6.17 Å². The van der Waals surface area contributed by atoms with Gasteiger partial charge in [-0.2, -0.15) is 0 Å². The minimum absolute atomic E-state index is 0.104. The van der Waals surface area contributed by atoms with Crippen LogP contribution in [0.1, 0.15) is 82.3 Å². The van der Waals surface area contributed by atoms with Crippen molar-refractivity contribution in [3.8, 4) is 11.1 Å². The molecule has 1 aromatic heterocycles. The minimum Gasteiger partial charge on any atom is -0.302 e. The standard InChI is InChI=1S/C35H38N4/c1-3-35(4-2)24-32-38(27-15-9-6-10-16-27)33-34(37-22-21-36-33)39(32)31-23-26(19-20-30(31)35)29-18-12-11-17-28(29)25-13-7-5-8-14-25/h6,9-12,15-23,25,32H,3-5,7-8,13-14,24H2,1-2H3. The number of para-hydroxylation sites is 1. The zero-order chi connectivity index (χ0) is 26.4. The second-order valence-electron chi connectivity index (χ2n) is 11.6. The molecule has 7 rings (SSSR count). The van der Waals surface area contributed by atoms with Gasteiger partial charge in [-0.05, 0) is 78.5 Å². The van der Waals surface area contributed by atoms with E-state index in [-0.39, 0.29) is 11.6 Å². The van der Waals surface area contributed by atoms with Gasteiger partial charge in [-0.3, -0.25) is 0 Å². The molecule has 4 nitrogen and oxygen atoms in total. The highest BCUT2D eigenvalue weighted by Gasteiger charge is 2.50. The van der Waals surface area contributed by atoms with Crippen molar-refractivity contribution in [2.24, 2.45) is 0 Å². The van der Waals surface area contributed by atoms with Crippen molar-refractivity contribution in [1.82, 2.24) is 9.97 Å². The van der Waals surface area contributed by atoms with E-state index in [1.54, 1.807) is 0 Å². The molecule has 4 heteroatoms. The number of anilines is 4. The molecule has 39 heavy (non-hydrogen) atoms. The van der Waals surface area contributed by atoms with E-state index in [1.165, 1.54) is 65.7 Å². The van der Waals surface area contributed by atoms with E-state index >= 15 is 0 Å². The zero-order valence-corrected chi connectivity index (χ0v) is 23.2. The zero-order valence-electron chi connectivity index (χ0n) is 23.2. The average molecular weight is 515 g/mol. The third-order valence-corrected chi connectivity index (χ3v) is 9.82. The average Bonchev–Trinajstić information content (AvgIpc) is 3.35. The number of benzene rings is 3. The van der Waals surface area contributed by atoms with E-state index in [9.17, 15) is 0 Å². The summed E-state index contributed by atoms with van der Waals surface area (Å²) < 4.78 is 0. The maximum absolute atomic E-state index is 4.93. The fourth-order valence-corrected chi connectivity index (χ4v) is 7.66. The van der Waals surface area contributed by atoms with E-state index in [4.69, 9.17) is 9.97 Å². The Balaban J connectivity index is 1.42. The van der Waals surface area contributed by atoms with E-state index in [0.29, 0.717) is 5.92 Å². The van der Waals surface area contributed by atoms with Gasteiger partial charge < -0.3 is 9.80 Å². The first-order valence-electron chi connectivity index (χ1n) is 14.9. The molecule has 0 saturated heterocycles. The topological polar surface area (TPSA) is 32.3 Å². The van der Waals surface area contributed by atoms with Gasteiger partial charge in [0.25, 0.3) is 0 Å². The molecule has 1 atom stereocenters. The SMILES string of the molecule is CCC1(CC)CC2N(c3ccccc3)c3nccnc3N2c2cc(-c3ccccc3C3CCCCC3)ccc21. The molecule has 0 amide bonds. The van der Waals surface area contributed by atoms with Crippen LogP contribution in [0.2, 0.25) is 0 Å². The maximum atomic E-state index is 4.93. The van der Waals surface area contributed by atoms with Gasteiger partial charge in [0.05, 0.1) is 0 Å². The number of hydrogen-bond acceptors (Lipinski definition) is 4. The quantitative estimate of drug-likeness (QED) is 0.266. The number of fused-ring (bicyclic) bond motifs is 5. The Hall–Kier alpha value is -3.66. The summed E-state index contributed by atoms with van der Waals surface area (Å²) in [6, 6.07) is 27.2. The number of rotatable bonds is 5. The third kappa shape index (κ3) is 3.87. The predicted octanol–water partition coefficient (Wildman–Crippen LogP) is 9.27.